The predicted molar refractivity (Wildman–Crippen MR) is 90.7 cm³/mol. The van der Waals surface area contributed by atoms with Gasteiger partial charge < -0.3 is 14.6 Å². The fourth-order valence-corrected chi connectivity index (χ4v) is 6.37. The van der Waals surface area contributed by atoms with Gasteiger partial charge in [0.15, 0.2) is 0 Å². The molecule has 7 heteroatoms. The molecule has 7 nitrogen and oxygen atoms in total. The minimum Gasteiger partial charge on any atom is -0.392 e. The summed E-state index contributed by atoms with van der Waals surface area (Å²) in [5, 5.41) is 11.1. The summed E-state index contributed by atoms with van der Waals surface area (Å²) in [5.74, 6) is -5.00. The Morgan fingerprint density at radius 1 is 1.00 bits per heavy atom. The molecule has 2 bridgehead atoms. The molecule has 3 saturated carbocycles. The molecule has 1 unspecified atom stereocenters. The molecule has 5 aliphatic rings. The Kier molecular flexibility index (Phi) is 4.22. The van der Waals surface area contributed by atoms with Crippen LogP contribution in [0.1, 0.15) is 58.8 Å². The van der Waals surface area contributed by atoms with Gasteiger partial charge in [-0.3, -0.25) is 19.2 Å². The van der Waals surface area contributed by atoms with E-state index in [2.05, 4.69) is 6.92 Å². The summed E-state index contributed by atoms with van der Waals surface area (Å²) < 4.78 is 10.1. The summed E-state index contributed by atoms with van der Waals surface area (Å²) in [6.45, 7) is 3.81. The number of cyclic esters (lactones) is 4. The van der Waals surface area contributed by atoms with Crippen LogP contribution in [0.25, 0.3) is 0 Å². The lowest BCUT2D eigenvalue weighted by Crippen LogP contribution is -2.62. The maximum atomic E-state index is 12.9. The van der Waals surface area contributed by atoms with Crippen LogP contribution in [-0.2, 0) is 28.7 Å². The average Bonchev–Trinajstić information content (AvgIpc) is 3.01. The first-order valence-electron chi connectivity index (χ1n) is 10.0. The van der Waals surface area contributed by atoms with Crippen molar-refractivity contribution in [3.05, 3.63) is 0 Å². The second-order valence-electron chi connectivity index (χ2n) is 8.79. The summed E-state index contributed by atoms with van der Waals surface area (Å²) >= 11 is 0. The number of hydrogen-bond donors (Lipinski definition) is 1. The molecule has 1 N–H and O–H groups in total. The van der Waals surface area contributed by atoms with Gasteiger partial charge in [0.05, 0.1) is 23.4 Å². The molecule has 3 aliphatic carbocycles. The molecule has 27 heavy (non-hydrogen) atoms. The number of fused-ring (bicyclic) bond motifs is 3. The summed E-state index contributed by atoms with van der Waals surface area (Å²) in [4.78, 5) is 50.9. The quantitative estimate of drug-likeness (QED) is 0.451. The van der Waals surface area contributed by atoms with Crippen molar-refractivity contribution in [2.75, 3.05) is 0 Å². The van der Waals surface area contributed by atoms with Crippen LogP contribution in [-0.4, -0.2) is 35.1 Å². The molecule has 2 spiro atoms. The number of unbranched alkanes of at least 4 members (excludes halogenated alkanes) is 2. The van der Waals surface area contributed by atoms with Crippen molar-refractivity contribution in [3.8, 4) is 0 Å². The Hall–Kier alpha value is -1.76. The zero-order valence-corrected chi connectivity index (χ0v) is 15.7. The predicted octanol–water partition coefficient (Wildman–Crippen LogP) is 1.75. The molecular weight excluding hydrogens is 352 g/mol. The number of carbonyl (C=O) groups excluding carboxylic acids is 4. The Labute approximate surface area is 157 Å². The molecule has 0 aromatic carbocycles. The third-order valence-corrected chi connectivity index (χ3v) is 7.67. The average molecular weight is 378 g/mol. The maximum Gasteiger partial charge on any atom is 0.323 e. The van der Waals surface area contributed by atoms with Gasteiger partial charge in [0, 0.05) is 0 Å². The van der Waals surface area contributed by atoms with E-state index in [9.17, 15) is 24.3 Å². The van der Waals surface area contributed by atoms with Gasteiger partial charge in [0.25, 0.3) is 0 Å². The van der Waals surface area contributed by atoms with Crippen molar-refractivity contribution in [1.82, 2.24) is 0 Å². The zero-order chi connectivity index (χ0) is 19.6. The Bertz CT molecular complexity index is 715. The van der Waals surface area contributed by atoms with Gasteiger partial charge in [-0.2, -0.15) is 0 Å². The number of ether oxygens (including phenoxy) is 2. The second-order valence-corrected chi connectivity index (χ2v) is 8.79. The minimum absolute atomic E-state index is 0.164. The molecule has 2 aliphatic heterocycles. The fourth-order valence-electron chi connectivity index (χ4n) is 6.37. The number of rotatable bonds is 4. The number of aliphatic hydroxyl groups excluding tert-OH is 1. The molecule has 0 radical (unpaired) electrons. The summed E-state index contributed by atoms with van der Waals surface area (Å²) in [6.07, 6.45) is 2.80. The van der Waals surface area contributed by atoms with E-state index < -0.39 is 64.5 Å². The number of hydrogen-bond acceptors (Lipinski definition) is 7. The molecule has 2 saturated heterocycles. The van der Waals surface area contributed by atoms with Crippen LogP contribution in [0.4, 0.5) is 0 Å². The molecule has 0 aromatic rings. The van der Waals surface area contributed by atoms with Crippen molar-refractivity contribution in [2.45, 2.75) is 64.9 Å². The highest BCUT2D eigenvalue weighted by Gasteiger charge is 2.76. The lowest BCUT2D eigenvalue weighted by Gasteiger charge is -2.54. The highest BCUT2D eigenvalue weighted by Crippen LogP contribution is 2.67. The zero-order valence-electron chi connectivity index (χ0n) is 15.7. The van der Waals surface area contributed by atoms with Gasteiger partial charge in [-0.05, 0) is 37.5 Å². The smallest absolute Gasteiger partial charge is 0.323 e. The third-order valence-electron chi connectivity index (χ3n) is 7.67. The molecule has 148 valence electrons. The van der Waals surface area contributed by atoms with E-state index in [0.29, 0.717) is 6.42 Å². The molecule has 5 fully saturated rings. The summed E-state index contributed by atoms with van der Waals surface area (Å²) in [5.41, 5.74) is -2.40. The topological polar surface area (TPSA) is 107 Å². The van der Waals surface area contributed by atoms with Crippen LogP contribution in [0.15, 0.2) is 0 Å². The van der Waals surface area contributed by atoms with Crippen LogP contribution >= 0.6 is 0 Å². The van der Waals surface area contributed by atoms with Crippen molar-refractivity contribution in [3.63, 3.8) is 0 Å². The van der Waals surface area contributed by atoms with Gasteiger partial charge in [0.2, 0.25) is 0 Å². The van der Waals surface area contributed by atoms with Crippen LogP contribution in [0.3, 0.4) is 0 Å². The first-order valence-corrected chi connectivity index (χ1v) is 10.0. The Morgan fingerprint density at radius 3 is 2.33 bits per heavy atom. The number of carbonyl (C=O) groups is 4. The van der Waals surface area contributed by atoms with E-state index in [4.69, 9.17) is 9.47 Å². The first-order chi connectivity index (χ1) is 12.8. The first kappa shape index (κ1) is 18.6. The largest absolute Gasteiger partial charge is 0.392 e. The minimum atomic E-state index is -1.31. The van der Waals surface area contributed by atoms with Crippen LogP contribution in [0, 0.1) is 34.5 Å². The van der Waals surface area contributed by atoms with Crippen LogP contribution < -0.4 is 0 Å². The van der Waals surface area contributed by atoms with Crippen molar-refractivity contribution >= 4 is 23.9 Å². The number of esters is 4. The standard InChI is InChI=1S/C20H26O7/c1-3-4-5-6-11-13-16(23)27-18(25)20(13)8-7-19(11)12(9-10(2)14(20)21)15(22)26-17(19)24/h10-14,21H,3-9H2,1-2H3/t10-,11+,12-,13-,14+,19?,20-/m0/s1. The van der Waals surface area contributed by atoms with Crippen LogP contribution in [0.5, 0.6) is 0 Å². The highest BCUT2D eigenvalue weighted by atomic mass is 16.6. The lowest BCUT2D eigenvalue weighted by molar-refractivity contribution is -0.183. The molecule has 5 rings (SSSR count). The summed E-state index contributed by atoms with van der Waals surface area (Å²) in [7, 11) is 0. The van der Waals surface area contributed by atoms with Gasteiger partial charge in [-0.1, -0.05) is 33.1 Å². The molecular formula is C20H26O7. The Morgan fingerprint density at radius 2 is 1.63 bits per heavy atom. The Balaban J connectivity index is 1.89. The highest BCUT2D eigenvalue weighted by molar-refractivity contribution is 6.04. The van der Waals surface area contributed by atoms with E-state index in [1.807, 2.05) is 0 Å². The maximum absolute atomic E-state index is 12.9. The number of aliphatic hydroxyl groups is 1. The van der Waals surface area contributed by atoms with Crippen molar-refractivity contribution < 1.29 is 33.8 Å². The van der Waals surface area contributed by atoms with Crippen LogP contribution in [0.2, 0.25) is 0 Å². The second kappa shape index (κ2) is 6.12. The van der Waals surface area contributed by atoms with E-state index in [1.54, 1.807) is 6.92 Å². The SMILES string of the molecule is CCCCC[C@@H]1[C@H]2C(=O)OC(=O)[C@@]23CCC12C(=O)OC(=O)[C@@H]2C[C@H](C)[C@H]3O. The normalized spacial score (nSPS) is 45.8. The monoisotopic (exact) mass is 378 g/mol. The molecule has 7 atom stereocenters. The van der Waals surface area contributed by atoms with Gasteiger partial charge in [-0.25, -0.2) is 0 Å². The molecule has 2 heterocycles. The third kappa shape index (κ3) is 2.18. The van der Waals surface area contributed by atoms with Gasteiger partial charge >= 0.3 is 23.9 Å². The molecule has 0 amide bonds. The van der Waals surface area contributed by atoms with E-state index >= 15 is 0 Å². The van der Waals surface area contributed by atoms with Crippen molar-refractivity contribution in [1.29, 1.82) is 0 Å². The lowest BCUT2D eigenvalue weighted by atomic mass is 9.44. The van der Waals surface area contributed by atoms with Gasteiger partial charge in [-0.15, -0.1) is 0 Å². The van der Waals surface area contributed by atoms with E-state index in [-0.39, 0.29) is 19.3 Å². The fraction of sp³-hybridized carbons (Fsp3) is 0.800. The molecule has 0 aromatic heterocycles. The van der Waals surface area contributed by atoms with E-state index in [1.165, 1.54) is 0 Å². The van der Waals surface area contributed by atoms with E-state index in [0.717, 1.165) is 19.3 Å². The summed E-state index contributed by atoms with van der Waals surface area (Å²) in [6, 6.07) is 0. The van der Waals surface area contributed by atoms with Crippen molar-refractivity contribution in [2.24, 2.45) is 34.5 Å². The van der Waals surface area contributed by atoms with Gasteiger partial charge in [0.1, 0.15) is 5.41 Å².